The van der Waals surface area contributed by atoms with Crippen LogP contribution in [0.3, 0.4) is 0 Å². The van der Waals surface area contributed by atoms with Crippen molar-refractivity contribution < 1.29 is 23.8 Å². The topological polar surface area (TPSA) is 70.1 Å². The van der Waals surface area contributed by atoms with Crippen LogP contribution < -0.4 is 4.74 Å². The molecule has 1 fully saturated rings. The number of Topliss-reactive ketones (excluding diaryl/α,β-unsaturated/α-hetero) is 1. The van der Waals surface area contributed by atoms with Crippen molar-refractivity contribution in [2.75, 3.05) is 33.8 Å². The predicted molar refractivity (Wildman–Crippen MR) is 130 cm³/mol. The largest absolute Gasteiger partial charge is 0.507 e. The van der Waals surface area contributed by atoms with Gasteiger partial charge in [0.15, 0.2) is 0 Å². The average Bonchev–Trinajstić information content (AvgIpc) is 3.02. The van der Waals surface area contributed by atoms with Gasteiger partial charge in [-0.05, 0) is 81.4 Å². The molecule has 1 atom stereocenters. The van der Waals surface area contributed by atoms with Gasteiger partial charge in [0.1, 0.15) is 17.3 Å². The van der Waals surface area contributed by atoms with Gasteiger partial charge in [0.05, 0.1) is 18.2 Å². The number of benzene rings is 2. The first-order chi connectivity index (χ1) is 16.1. The van der Waals surface area contributed by atoms with Crippen molar-refractivity contribution in [2.45, 2.75) is 33.2 Å². The minimum Gasteiger partial charge on any atom is -0.507 e. The summed E-state index contributed by atoms with van der Waals surface area (Å²) in [5.41, 5.74) is 1.76. The molecule has 1 amide bonds. The predicted octanol–water partition coefficient (Wildman–Crippen LogP) is 4.54. The van der Waals surface area contributed by atoms with Gasteiger partial charge in [-0.25, -0.2) is 4.39 Å². The fourth-order valence-electron chi connectivity index (χ4n) is 4.06. The third-order valence-electron chi connectivity index (χ3n) is 5.77. The third kappa shape index (κ3) is 5.65. The quantitative estimate of drug-likeness (QED) is 0.332. The summed E-state index contributed by atoms with van der Waals surface area (Å²) < 4.78 is 19.4. The van der Waals surface area contributed by atoms with Gasteiger partial charge in [0.25, 0.3) is 11.7 Å². The van der Waals surface area contributed by atoms with E-state index in [0.717, 1.165) is 12.1 Å². The maximum absolute atomic E-state index is 13.6. The highest BCUT2D eigenvalue weighted by molar-refractivity contribution is 6.46. The number of ether oxygens (including phenoxy) is 1. The highest BCUT2D eigenvalue weighted by Gasteiger charge is 2.45. The van der Waals surface area contributed by atoms with Gasteiger partial charge >= 0.3 is 0 Å². The van der Waals surface area contributed by atoms with E-state index in [9.17, 15) is 19.1 Å². The summed E-state index contributed by atoms with van der Waals surface area (Å²) in [4.78, 5) is 29.6. The Morgan fingerprint density at radius 2 is 1.82 bits per heavy atom. The summed E-state index contributed by atoms with van der Waals surface area (Å²) in [6.45, 7) is 7.56. The van der Waals surface area contributed by atoms with Crippen LogP contribution in [0, 0.1) is 18.7 Å². The highest BCUT2D eigenvalue weighted by Crippen LogP contribution is 2.40. The standard InChI is InChI=1S/C27H33FN2O4/c1-17(2)16-34-21-11-12-22(18(3)15-21)25(31)23-24(19-7-9-20(28)10-8-19)30(27(33)26(23)32)14-6-13-29(4)5/h7-12,15,17,24,31H,6,13-14,16H2,1-5H3/b25-23+/t24-/m0/s1. The van der Waals surface area contributed by atoms with Crippen LogP contribution in [-0.4, -0.2) is 60.4 Å². The molecular formula is C27H33FN2O4. The Labute approximate surface area is 200 Å². The molecule has 6 nitrogen and oxygen atoms in total. The number of carbonyl (C=O) groups excluding carboxylic acids is 2. The van der Waals surface area contributed by atoms with E-state index in [1.165, 1.54) is 17.0 Å². The summed E-state index contributed by atoms with van der Waals surface area (Å²) in [7, 11) is 3.87. The average molecular weight is 469 g/mol. The van der Waals surface area contributed by atoms with Gasteiger partial charge in [-0.1, -0.05) is 26.0 Å². The number of hydrogen-bond donors (Lipinski definition) is 1. The Morgan fingerprint density at radius 1 is 1.15 bits per heavy atom. The van der Waals surface area contributed by atoms with Crippen molar-refractivity contribution in [1.29, 1.82) is 0 Å². The Morgan fingerprint density at radius 3 is 2.41 bits per heavy atom. The zero-order valence-electron chi connectivity index (χ0n) is 20.5. The van der Waals surface area contributed by atoms with Gasteiger partial charge in [-0.2, -0.15) is 0 Å². The number of aliphatic hydroxyl groups is 1. The van der Waals surface area contributed by atoms with Crippen LogP contribution in [0.5, 0.6) is 5.75 Å². The van der Waals surface area contributed by atoms with E-state index in [-0.39, 0.29) is 11.3 Å². The van der Waals surface area contributed by atoms with Crippen molar-refractivity contribution in [3.8, 4) is 5.75 Å². The molecule has 1 heterocycles. The van der Waals surface area contributed by atoms with Gasteiger partial charge in [-0.3, -0.25) is 9.59 Å². The van der Waals surface area contributed by atoms with Crippen LogP contribution in [-0.2, 0) is 9.59 Å². The maximum Gasteiger partial charge on any atom is 0.295 e. The molecule has 3 rings (SSSR count). The minimum atomic E-state index is -0.793. The van der Waals surface area contributed by atoms with E-state index in [4.69, 9.17) is 4.74 Å². The van der Waals surface area contributed by atoms with Crippen LogP contribution in [0.4, 0.5) is 4.39 Å². The lowest BCUT2D eigenvalue weighted by Gasteiger charge is -2.26. The number of hydrogen-bond acceptors (Lipinski definition) is 5. The first-order valence-corrected chi connectivity index (χ1v) is 11.5. The monoisotopic (exact) mass is 468 g/mol. The fraction of sp³-hybridized carbons (Fsp3) is 0.407. The smallest absolute Gasteiger partial charge is 0.295 e. The van der Waals surface area contributed by atoms with E-state index < -0.39 is 23.5 Å². The van der Waals surface area contributed by atoms with E-state index >= 15 is 0 Å². The van der Waals surface area contributed by atoms with Gasteiger partial charge in [0, 0.05) is 12.1 Å². The molecule has 1 N–H and O–H groups in total. The molecule has 1 aliphatic rings. The van der Waals surface area contributed by atoms with Crippen LogP contribution in [0.15, 0.2) is 48.0 Å². The van der Waals surface area contributed by atoms with Crippen LogP contribution >= 0.6 is 0 Å². The SMILES string of the molecule is Cc1cc(OCC(C)C)ccc1/C(O)=C1\C(=O)C(=O)N(CCCN(C)C)[C@H]1c1ccc(F)cc1. The van der Waals surface area contributed by atoms with E-state index in [1.54, 1.807) is 30.3 Å². The van der Waals surface area contributed by atoms with E-state index in [0.29, 0.717) is 42.4 Å². The Kier molecular flexibility index (Phi) is 8.10. The second-order valence-electron chi connectivity index (χ2n) is 9.38. The second-order valence-corrected chi connectivity index (χ2v) is 9.38. The van der Waals surface area contributed by atoms with Crippen molar-refractivity contribution in [1.82, 2.24) is 9.80 Å². The van der Waals surface area contributed by atoms with Gasteiger partial charge in [0.2, 0.25) is 0 Å². The number of nitrogens with zero attached hydrogens (tertiary/aromatic N) is 2. The molecule has 2 aromatic rings. The van der Waals surface area contributed by atoms with Crippen LogP contribution in [0.25, 0.3) is 5.76 Å². The lowest BCUT2D eigenvalue weighted by Crippen LogP contribution is -2.32. The van der Waals surface area contributed by atoms with E-state index in [1.807, 2.05) is 25.9 Å². The Hall–Kier alpha value is -3.19. The molecule has 7 heteroatoms. The van der Waals surface area contributed by atoms with Crippen LogP contribution in [0.1, 0.15) is 43.0 Å². The molecule has 0 bridgehead atoms. The summed E-state index contributed by atoms with van der Waals surface area (Å²) in [6, 6.07) is 10.1. The molecule has 182 valence electrons. The van der Waals surface area contributed by atoms with Gasteiger partial charge < -0.3 is 19.6 Å². The number of likely N-dealkylation sites (tertiary alicyclic amines) is 1. The molecular weight excluding hydrogens is 435 g/mol. The number of aliphatic hydroxyl groups excluding tert-OH is 1. The summed E-state index contributed by atoms with van der Waals surface area (Å²) in [6.07, 6.45) is 0.651. The zero-order valence-corrected chi connectivity index (χ0v) is 20.5. The number of halogens is 1. The van der Waals surface area contributed by atoms with Crippen molar-refractivity contribution in [2.24, 2.45) is 5.92 Å². The normalized spacial score (nSPS) is 17.8. The molecule has 34 heavy (non-hydrogen) atoms. The van der Waals surface area contributed by atoms with Crippen molar-refractivity contribution in [3.05, 3.63) is 70.5 Å². The van der Waals surface area contributed by atoms with Crippen LogP contribution in [0.2, 0.25) is 0 Å². The molecule has 0 aromatic heterocycles. The fourth-order valence-corrected chi connectivity index (χ4v) is 4.06. The molecule has 0 unspecified atom stereocenters. The molecule has 1 aliphatic heterocycles. The Balaban J connectivity index is 2.04. The van der Waals surface area contributed by atoms with Gasteiger partial charge in [-0.15, -0.1) is 0 Å². The molecule has 1 saturated heterocycles. The summed E-state index contributed by atoms with van der Waals surface area (Å²) >= 11 is 0. The first-order valence-electron chi connectivity index (χ1n) is 11.5. The second kappa shape index (κ2) is 10.8. The number of rotatable bonds is 9. The number of amides is 1. The molecule has 0 radical (unpaired) electrons. The lowest BCUT2D eigenvalue weighted by atomic mass is 9.94. The highest BCUT2D eigenvalue weighted by atomic mass is 19.1. The molecule has 0 spiro atoms. The lowest BCUT2D eigenvalue weighted by molar-refractivity contribution is -0.139. The first kappa shape index (κ1) is 25.4. The summed E-state index contributed by atoms with van der Waals surface area (Å²) in [5, 5.41) is 11.3. The van der Waals surface area contributed by atoms with E-state index in [2.05, 4.69) is 13.8 Å². The Bertz CT molecular complexity index is 1080. The van der Waals surface area contributed by atoms with Crippen molar-refractivity contribution in [3.63, 3.8) is 0 Å². The molecule has 0 aliphatic carbocycles. The summed E-state index contributed by atoms with van der Waals surface area (Å²) in [5.74, 6) is -1.02. The third-order valence-corrected chi connectivity index (χ3v) is 5.77. The zero-order chi connectivity index (χ0) is 25.0. The van der Waals surface area contributed by atoms with Crippen molar-refractivity contribution >= 4 is 17.4 Å². The minimum absolute atomic E-state index is 0.0143. The number of ketones is 1. The maximum atomic E-state index is 13.6. The number of carbonyl (C=O) groups is 2. The molecule has 0 saturated carbocycles. The number of aryl methyl sites for hydroxylation is 1. The molecule has 2 aromatic carbocycles.